The first kappa shape index (κ1) is 17.3. The maximum absolute atomic E-state index is 13.6. The monoisotopic (exact) mass is 343 g/mol. The molecule has 0 radical (unpaired) electrons. The van der Waals surface area contributed by atoms with Crippen molar-refractivity contribution in [3.63, 3.8) is 0 Å². The van der Waals surface area contributed by atoms with Gasteiger partial charge >= 0.3 is 0 Å². The summed E-state index contributed by atoms with van der Waals surface area (Å²) in [6, 6.07) is 13.6. The molecule has 1 fully saturated rings. The van der Waals surface area contributed by atoms with E-state index in [4.69, 9.17) is 9.47 Å². The lowest BCUT2D eigenvalue weighted by atomic mass is 9.97. The molecule has 1 aliphatic rings. The fraction of sp³-hybridized carbons (Fsp3) is 0.350. The summed E-state index contributed by atoms with van der Waals surface area (Å²) in [7, 11) is 1.59. The zero-order chi connectivity index (χ0) is 17.6. The van der Waals surface area contributed by atoms with Gasteiger partial charge in [-0.2, -0.15) is 0 Å². The van der Waals surface area contributed by atoms with Crippen LogP contribution in [0.3, 0.4) is 0 Å². The number of carbonyl (C=O) groups is 1. The number of piperidine rings is 1. The van der Waals surface area contributed by atoms with Gasteiger partial charge in [0, 0.05) is 18.7 Å². The van der Waals surface area contributed by atoms with Crippen molar-refractivity contribution in [3.8, 4) is 11.5 Å². The van der Waals surface area contributed by atoms with Gasteiger partial charge in [0.1, 0.15) is 5.75 Å². The molecule has 0 N–H and O–H groups in total. The molecule has 1 amide bonds. The molecule has 0 atom stereocenters. The SMILES string of the molecule is COc1cccc(C(=O)N2CCC(COc3ccccc3F)CC2)c1. The van der Waals surface area contributed by atoms with Crippen molar-refractivity contribution >= 4 is 5.91 Å². The van der Waals surface area contributed by atoms with Gasteiger partial charge in [0.25, 0.3) is 5.91 Å². The smallest absolute Gasteiger partial charge is 0.253 e. The summed E-state index contributed by atoms with van der Waals surface area (Å²) in [6.07, 6.45) is 1.70. The van der Waals surface area contributed by atoms with E-state index in [2.05, 4.69) is 0 Å². The highest BCUT2D eigenvalue weighted by Crippen LogP contribution is 2.23. The number of benzene rings is 2. The van der Waals surface area contributed by atoms with Crippen LogP contribution in [0.25, 0.3) is 0 Å². The fourth-order valence-electron chi connectivity index (χ4n) is 3.01. The molecule has 3 rings (SSSR count). The predicted molar refractivity (Wildman–Crippen MR) is 93.5 cm³/mol. The molecule has 0 saturated carbocycles. The molecule has 4 nitrogen and oxygen atoms in total. The summed E-state index contributed by atoms with van der Waals surface area (Å²) in [4.78, 5) is 14.4. The molecule has 1 aliphatic heterocycles. The van der Waals surface area contributed by atoms with Crippen LogP contribution in [0.5, 0.6) is 11.5 Å². The maximum atomic E-state index is 13.6. The second-order valence-corrected chi connectivity index (χ2v) is 6.21. The molecule has 25 heavy (non-hydrogen) atoms. The van der Waals surface area contributed by atoms with Gasteiger partial charge in [0.15, 0.2) is 11.6 Å². The number of para-hydroxylation sites is 1. The van der Waals surface area contributed by atoms with E-state index in [-0.39, 0.29) is 17.5 Å². The third-order valence-electron chi connectivity index (χ3n) is 4.53. The van der Waals surface area contributed by atoms with Crippen LogP contribution in [0.2, 0.25) is 0 Å². The van der Waals surface area contributed by atoms with Gasteiger partial charge in [0.2, 0.25) is 0 Å². The van der Waals surface area contributed by atoms with Gasteiger partial charge in [-0.05, 0) is 49.1 Å². The summed E-state index contributed by atoms with van der Waals surface area (Å²) < 4.78 is 24.3. The molecule has 0 unspecified atom stereocenters. The Kier molecular flexibility index (Phi) is 5.53. The van der Waals surface area contributed by atoms with Crippen molar-refractivity contribution in [1.29, 1.82) is 0 Å². The van der Waals surface area contributed by atoms with E-state index >= 15 is 0 Å². The lowest BCUT2D eigenvalue weighted by Gasteiger charge is -2.32. The minimum Gasteiger partial charge on any atom is -0.497 e. The van der Waals surface area contributed by atoms with E-state index in [1.807, 2.05) is 17.0 Å². The molecule has 0 spiro atoms. The summed E-state index contributed by atoms with van der Waals surface area (Å²) in [5, 5.41) is 0. The average molecular weight is 343 g/mol. The Labute approximate surface area is 147 Å². The van der Waals surface area contributed by atoms with Crippen molar-refractivity contribution in [2.45, 2.75) is 12.8 Å². The Balaban J connectivity index is 1.51. The van der Waals surface area contributed by atoms with Gasteiger partial charge in [-0.1, -0.05) is 18.2 Å². The molecular formula is C20H22FNO3. The molecule has 1 saturated heterocycles. The lowest BCUT2D eigenvalue weighted by Crippen LogP contribution is -2.39. The largest absolute Gasteiger partial charge is 0.497 e. The third kappa shape index (κ3) is 4.29. The van der Waals surface area contributed by atoms with E-state index in [1.165, 1.54) is 6.07 Å². The number of hydrogen-bond acceptors (Lipinski definition) is 3. The van der Waals surface area contributed by atoms with E-state index in [9.17, 15) is 9.18 Å². The molecule has 0 aromatic heterocycles. The topological polar surface area (TPSA) is 38.8 Å². The van der Waals surface area contributed by atoms with Crippen LogP contribution >= 0.6 is 0 Å². The summed E-state index contributed by atoms with van der Waals surface area (Å²) in [5.74, 6) is 0.978. The summed E-state index contributed by atoms with van der Waals surface area (Å²) in [6.45, 7) is 1.84. The quantitative estimate of drug-likeness (QED) is 0.830. The molecule has 5 heteroatoms. The first-order chi connectivity index (χ1) is 12.2. The Morgan fingerprint density at radius 2 is 1.92 bits per heavy atom. The molecule has 132 valence electrons. The molecule has 2 aromatic carbocycles. The number of rotatable bonds is 5. The van der Waals surface area contributed by atoms with Gasteiger partial charge < -0.3 is 14.4 Å². The molecule has 0 bridgehead atoms. The van der Waals surface area contributed by atoms with E-state index in [0.29, 0.717) is 36.9 Å². The Morgan fingerprint density at radius 1 is 1.16 bits per heavy atom. The number of amides is 1. The lowest BCUT2D eigenvalue weighted by molar-refractivity contribution is 0.0659. The normalized spacial score (nSPS) is 15.0. The van der Waals surface area contributed by atoms with Crippen molar-refractivity contribution in [3.05, 3.63) is 59.9 Å². The number of carbonyl (C=O) groups excluding carboxylic acids is 1. The van der Waals surface area contributed by atoms with Crippen LogP contribution < -0.4 is 9.47 Å². The van der Waals surface area contributed by atoms with Crippen LogP contribution in [-0.4, -0.2) is 37.6 Å². The molecule has 1 heterocycles. The van der Waals surface area contributed by atoms with Crippen molar-refractivity contribution in [2.75, 3.05) is 26.8 Å². The molecule has 2 aromatic rings. The van der Waals surface area contributed by atoms with Crippen LogP contribution in [0.1, 0.15) is 23.2 Å². The first-order valence-electron chi connectivity index (χ1n) is 8.48. The number of nitrogens with zero attached hydrogens (tertiary/aromatic N) is 1. The highest BCUT2D eigenvalue weighted by molar-refractivity contribution is 5.94. The third-order valence-corrected chi connectivity index (χ3v) is 4.53. The number of methoxy groups -OCH3 is 1. The number of ether oxygens (including phenoxy) is 2. The average Bonchev–Trinajstić information content (AvgIpc) is 2.67. The standard InChI is InChI=1S/C20H22FNO3/c1-24-17-6-4-5-16(13-17)20(23)22-11-9-15(10-12-22)14-25-19-8-3-2-7-18(19)21/h2-8,13,15H,9-12,14H2,1H3. The summed E-state index contributed by atoms with van der Waals surface area (Å²) >= 11 is 0. The van der Waals surface area contributed by atoms with E-state index in [1.54, 1.807) is 37.4 Å². The Morgan fingerprint density at radius 3 is 2.64 bits per heavy atom. The predicted octanol–water partition coefficient (Wildman–Crippen LogP) is 3.77. The second kappa shape index (κ2) is 8.01. The maximum Gasteiger partial charge on any atom is 0.253 e. The highest BCUT2D eigenvalue weighted by Gasteiger charge is 2.24. The number of halogens is 1. The minimum atomic E-state index is -0.340. The zero-order valence-electron chi connectivity index (χ0n) is 14.3. The van der Waals surface area contributed by atoms with E-state index < -0.39 is 0 Å². The zero-order valence-corrected chi connectivity index (χ0v) is 14.3. The number of likely N-dealkylation sites (tertiary alicyclic amines) is 1. The van der Waals surface area contributed by atoms with Crippen LogP contribution in [0.15, 0.2) is 48.5 Å². The van der Waals surface area contributed by atoms with Crippen molar-refractivity contribution < 1.29 is 18.7 Å². The van der Waals surface area contributed by atoms with Crippen LogP contribution in [0.4, 0.5) is 4.39 Å². The Hall–Kier alpha value is -2.56. The van der Waals surface area contributed by atoms with Gasteiger partial charge in [-0.25, -0.2) is 4.39 Å². The van der Waals surface area contributed by atoms with Gasteiger partial charge in [-0.15, -0.1) is 0 Å². The fourth-order valence-corrected chi connectivity index (χ4v) is 3.01. The Bertz CT molecular complexity index is 726. The van der Waals surface area contributed by atoms with Crippen molar-refractivity contribution in [2.24, 2.45) is 5.92 Å². The minimum absolute atomic E-state index is 0.0207. The van der Waals surface area contributed by atoms with Gasteiger partial charge in [0.05, 0.1) is 13.7 Å². The van der Waals surface area contributed by atoms with Crippen molar-refractivity contribution in [1.82, 2.24) is 4.90 Å². The molecular weight excluding hydrogens is 321 g/mol. The summed E-state index contributed by atoms with van der Waals surface area (Å²) in [5.41, 5.74) is 0.639. The highest BCUT2D eigenvalue weighted by atomic mass is 19.1. The van der Waals surface area contributed by atoms with Gasteiger partial charge in [-0.3, -0.25) is 4.79 Å². The van der Waals surface area contributed by atoms with Crippen LogP contribution in [-0.2, 0) is 0 Å². The molecule has 0 aliphatic carbocycles. The van der Waals surface area contributed by atoms with Crippen LogP contribution in [0, 0.1) is 11.7 Å². The second-order valence-electron chi connectivity index (χ2n) is 6.21. The number of hydrogen-bond donors (Lipinski definition) is 0. The first-order valence-corrected chi connectivity index (χ1v) is 8.48. The van der Waals surface area contributed by atoms with E-state index in [0.717, 1.165) is 12.8 Å².